The Morgan fingerprint density at radius 2 is 2.31 bits per heavy atom. The lowest BCUT2D eigenvalue weighted by molar-refractivity contribution is -0.178. The average Bonchev–Trinajstić information content (AvgIpc) is 2.61. The van der Waals surface area contributed by atoms with E-state index >= 15 is 0 Å². The average molecular weight is 180 g/mol. The van der Waals surface area contributed by atoms with Gasteiger partial charge in [-0.15, -0.1) is 0 Å². The summed E-state index contributed by atoms with van der Waals surface area (Å²) in [5, 5.41) is 0. The van der Waals surface area contributed by atoms with Crippen LogP contribution in [0.3, 0.4) is 0 Å². The molecule has 0 heterocycles. The standard InChI is InChI=1S/C11H16O2/c1-13-10-7-4-6-11(10)5-2-3-8(12)9(7)11/h7,9-10H,2-6H2,1H3/t7-,9+,10-,11+/m0/s1. The van der Waals surface area contributed by atoms with E-state index in [0.29, 0.717) is 29.1 Å². The van der Waals surface area contributed by atoms with Crippen molar-refractivity contribution < 1.29 is 9.53 Å². The van der Waals surface area contributed by atoms with E-state index in [4.69, 9.17) is 4.74 Å². The number of ether oxygens (including phenoxy) is 1. The minimum absolute atomic E-state index is 0.300. The van der Waals surface area contributed by atoms with Gasteiger partial charge in [-0.05, 0) is 31.6 Å². The zero-order valence-electron chi connectivity index (χ0n) is 8.08. The molecule has 0 aromatic heterocycles. The Bertz CT molecular complexity index is 261. The van der Waals surface area contributed by atoms with Gasteiger partial charge in [0.05, 0.1) is 6.10 Å². The molecule has 4 aliphatic carbocycles. The molecule has 2 bridgehead atoms. The molecule has 4 atom stereocenters. The third-order valence-electron chi connectivity index (χ3n) is 4.61. The maximum atomic E-state index is 11.7. The summed E-state index contributed by atoms with van der Waals surface area (Å²) in [7, 11) is 1.81. The van der Waals surface area contributed by atoms with Crippen LogP contribution in [0, 0.1) is 17.3 Å². The Morgan fingerprint density at radius 3 is 3.08 bits per heavy atom. The van der Waals surface area contributed by atoms with E-state index in [-0.39, 0.29) is 0 Å². The van der Waals surface area contributed by atoms with E-state index in [1.807, 2.05) is 0 Å². The van der Waals surface area contributed by atoms with Gasteiger partial charge < -0.3 is 4.74 Å². The first kappa shape index (κ1) is 7.98. The molecule has 4 saturated carbocycles. The number of ketones is 1. The molecule has 72 valence electrons. The molecule has 0 aromatic rings. The Balaban J connectivity index is 1.95. The van der Waals surface area contributed by atoms with Crippen molar-refractivity contribution in [3.05, 3.63) is 0 Å². The lowest BCUT2D eigenvalue weighted by Gasteiger charge is -2.55. The third kappa shape index (κ3) is 0.723. The Kier molecular flexibility index (Phi) is 1.44. The highest BCUT2D eigenvalue weighted by Gasteiger charge is 2.69. The Labute approximate surface area is 78.6 Å². The molecule has 1 spiro atoms. The molecule has 0 saturated heterocycles. The van der Waals surface area contributed by atoms with Gasteiger partial charge in [0.2, 0.25) is 0 Å². The number of methoxy groups -OCH3 is 1. The summed E-state index contributed by atoms with van der Waals surface area (Å²) in [5.74, 6) is 1.51. The van der Waals surface area contributed by atoms with Crippen LogP contribution >= 0.6 is 0 Å². The van der Waals surface area contributed by atoms with Crippen LogP contribution in [0.15, 0.2) is 0 Å². The van der Waals surface area contributed by atoms with Gasteiger partial charge in [0, 0.05) is 24.9 Å². The van der Waals surface area contributed by atoms with E-state index in [0.717, 1.165) is 12.8 Å². The molecular weight excluding hydrogens is 164 g/mol. The maximum absolute atomic E-state index is 11.7. The smallest absolute Gasteiger partial charge is 0.137 e. The fraction of sp³-hybridized carbons (Fsp3) is 0.909. The lowest BCUT2D eigenvalue weighted by Crippen LogP contribution is -2.60. The molecule has 2 heteroatoms. The van der Waals surface area contributed by atoms with E-state index < -0.39 is 0 Å². The molecule has 4 fully saturated rings. The first-order chi connectivity index (χ1) is 6.29. The van der Waals surface area contributed by atoms with Crippen LogP contribution in [0.1, 0.15) is 32.1 Å². The van der Waals surface area contributed by atoms with Gasteiger partial charge in [0.25, 0.3) is 0 Å². The molecule has 2 nitrogen and oxygen atoms in total. The van der Waals surface area contributed by atoms with Crippen molar-refractivity contribution in [3.8, 4) is 0 Å². The van der Waals surface area contributed by atoms with Gasteiger partial charge in [0.15, 0.2) is 0 Å². The van der Waals surface area contributed by atoms with E-state index in [1.165, 1.54) is 19.3 Å². The number of fused-ring (bicyclic) bond motifs is 1. The molecular formula is C11H16O2. The molecule has 0 aliphatic heterocycles. The normalized spacial score (nSPS) is 53.0. The van der Waals surface area contributed by atoms with Crippen molar-refractivity contribution in [2.75, 3.05) is 7.11 Å². The molecule has 4 aliphatic rings. The van der Waals surface area contributed by atoms with Crippen molar-refractivity contribution >= 4 is 5.78 Å². The number of rotatable bonds is 1. The van der Waals surface area contributed by atoms with Crippen LogP contribution in [-0.4, -0.2) is 19.0 Å². The number of hydrogen-bond donors (Lipinski definition) is 0. The number of carbonyl (C=O) groups is 1. The van der Waals surface area contributed by atoms with Gasteiger partial charge in [0.1, 0.15) is 5.78 Å². The molecule has 13 heavy (non-hydrogen) atoms. The van der Waals surface area contributed by atoms with Crippen LogP contribution in [0.2, 0.25) is 0 Å². The number of Topliss-reactive ketones (excluding diaryl/α,β-unsaturated/α-hetero) is 1. The van der Waals surface area contributed by atoms with Crippen molar-refractivity contribution in [1.29, 1.82) is 0 Å². The minimum Gasteiger partial charge on any atom is -0.381 e. The highest BCUT2D eigenvalue weighted by Crippen LogP contribution is 2.68. The predicted octanol–water partition coefficient (Wildman–Crippen LogP) is 1.78. The monoisotopic (exact) mass is 180 g/mol. The fourth-order valence-corrected chi connectivity index (χ4v) is 4.28. The van der Waals surface area contributed by atoms with Crippen LogP contribution in [-0.2, 0) is 9.53 Å². The molecule has 0 aromatic carbocycles. The zero-order chi connectivity index (χ0) is 9.05. The summed E-state index contributed by atoms with van der Waals surface area (Å²) in [5.41, 5.74) is 0.300. The second-order valence-electron chi connectivity index (χ2n) is 4.89. The lowest BCUT2D eigenvalue weighted by atomic mass is 9.51. The Hall–Kier alpha value is -0.370. The van der Waals surface area contributed by atoms with Gasteiger partial charge in [-0.1, -0.05) is 0 Å². The summed E-state index contributed by atoms with van der Waals surface area (Å²) in [6.45, 7) is 0. The minimum atomic E-state index is 0.300. The summed E-state index contributed by atoms with van der Waals surface area (Å²) < 4.78 is 5.53. The largest absolute Gasteiger partial charge is 0.381 e. The van der Waals surface area contributed by atoms with Crippen molar-refractivity contribution in [2.45, 2.75) is 38.2 Å². The second kappa shape index (κ2) is 2.35. The van der Waals surface area contributed by atoms with Crippen LogP contribution in [0.4, 0.5) is 0 Å². The molecule has 4 rings (SSSR count). The summed E-state index contributed by atoms with van der Waals surface area (Å²) in [6, 6.07) is 0. The van der Waals surface area contributed by atoms with Crippen LogP contribution in [0.25, 0.3) is 0 Å². The topological polar surface area (TPSA) is 26.3 Å². The highest BCUT2D eigenvalue weighted by molar-refractivity contribution is 5.85. The summed E-state index contributed by atoms with van der Waals surface area (Å²) >= 11 is 0. The van der Waals surface area contributed by atoms with E-state index in [9.17, 15) is 4.79 Å². The molecule has 0 radical (unpaired) electrons. The Morgan fingerprint density at radius 1 is 1.46 bits per heavy atom. The van der Waals surface area contributed by atoms with E-state index in [2.05, 4.69) is 0 Å². The van der Waals surface area contributed by atoms with Gasteiger partial charge >= 0.3 is 0 Å². The fourth-order valence-electron chi connectivity index (χ4n) is 4.28. The van der Waals surface area contributed by atoms with Gasteiger partial charge in [-0.2, -0.15) is 0 Å². The zero-order valence-corrected chi connectivity index (χ0v) is 8.08. The summed E-state index contributed by atoms with van der Waals surface area (Å²) in [6.07, 6.45) is 6.06. The van der Waals surface area contributed by atoms with Crippen LogP contribution < -0.4 is 0 Å². The van der Waals surface area contributed by atoms with Crippen molar-refractivity contribution in [2.24, 2.45) is 17.3 Å². The predicted molar refractivity (Wildman–Crippen MR) is 48.3 cm³/mol. The maximum Gasteiger partial charge on any atom is 0.137 e. The number of hydrogen-bond acceptors (Lipinski definition) is 2. The molecule has 0 unspecified atom stereocenters. The van der Waals surface area contributed by atoms with Crippen LogP contribution in [0.5, 0.6) is 0 Å². The van der Waals surface area contributed by atoms with Gasteiger partial charge in [-0.3, -0.25) is 4.79 Å². The highest BCUT2D eigenvalue weighted by atomic mass is 16.5. The van der Waals surface area contributed by atoms with Crippen molar-refractivity contribution in [1.82, 2.24) is 0 Å². The second-order valence-corrected chi connectivity index (χ2v) is 4.89. The SMILES string of the molecule is CO[C@H]1[C@H]2CC[C@@]13CCCC(=O)[C@@H]23. The first-order valence-electron chi connectivity index (χ1n) is 5.35. The number of carbonyl (C=O) groups excluding carboxylic acids is 1. The third-order valence-corrected chi connectivity index (χ3v) is 4.61. The van der Waals surface area contributed by atoms with E-state index in [1.54, 1.807) is 7.11 Å². The summed E-state index contributed by atoms with van der Waals surface area (Å²) in [4.78, 5) is 11.7. The molecule has 0 amide bonds. The quantitative estimate of drug-likeness (QED) is 0.615. The van der Waals surface area contributed by atoms with Crippen molar-refractivity contribution in [3.63, 3.8) is 0 Å². The molecule has 0 N–H and O–H groups in total. The first-order valence-corrected chi connectivity index (χ1v) is 5.35. The van der Waals surface area contributed by atoms with Gasteiger partial charge in [-0.25, -0.2) is 0 Å².